The van der Waals surface area contributed by atoms with Crippen LogP contribution in [0.25, 0.3) is 5.70 Å². The average molecular weight is 305 g/mol. The molecule has 0 spiro atoms. The quantitative estimate of drug-likeness (QED) is 0.916. The van der Waals surface area contributed by atoms with E-state index in [1.807, 2.05) is 0 Å². The molecule has 0 amide bonds. The van der Waals surface area contributed by atoms with E-state index in [0.717, 1.165) is 41.3 Å². The number of hydrogen-bond donors (Lipinski definition) is 2. The predicted octanol–water partition coefficient (Wildman–Crippen LogP) is 2.96. The second-order valence-electron chi connectivity index (χ2n) is 5.87. The summed E-state index contributed by atoms with van der Waals surface area (Å²) in [5.41, 5.74) is 8.69. The highest BCUT2D eigenvalue weighted by atomic mass is 16.7. The summed E-state index contributed by atoms with van der Waals surface area (Å²) in [7, 11) is 0. The van der Waals surface area contributed by atoms with E-state index in [4.69, 9.17) is 4.84 Å². The lowest BCUT2D eigenvalue weighted by molar-refractivity contribution is 0.0511. The maximum absolute atomic E-state index is 5.71. The Morgan fingerprint density at radius 1 is 1.09 bits per heavy atom. The second kappa shape index (κ2) is 5.89. The molecular weight excluding hydrogens is 286 g/mol. The lowest BCUT2D eigenvalue weighted by atomic mass is 10.0. The first-order chi connectivity index (χ1) is 11.3. The molecule has 2 aliphatic heterocycles. The van der Waals surface area contributed by atoms with Gasteiger partial charge in [0.05, 0.1) is 12.2 Å². The topological polar surface area (TPSA) is 45.7 Å². The van der Waals surface area contributed by atoms with E-state index in [1.165, 1.54) is 5.56 Å². The fourth-order valence-electron chi connectivity index (χ4n) is 2.91. The van der Waals surface area contributed by atoms with Crippen molar-refractivity contribution in [1.82, 2.24) is 10.8 Å². The van der Waals surface area contributed by atoms with Crippen LogP contribution in [-0.4, -0.2) is 18.9 Å². The van der Waals surface area contributed by atoms with Crippen molar-refractivity contribution in [2.24, 2.45) is 4.99 Å². The average Bonchev–Trinajstić information content (AvgIpc) is 3.27. The van der Waals surface area contributed by atoms with Crippen molar-refractivity contribution in [2.75, 3.05) is 13.1 Å². The van der Waals surface area contributed by atoms with E-state index in [9.17, 15) is 0 Å². The van der Waals surface area contributed by atoms with E-state index in [-0.39, 0.29) is 6.10 Å². The smallest absolute Gasteiger partial charge is 0.131 e. The molecule has 0 fully saturated rings. The van der Waals surface area contributed by atoms with Gasteiger partial charge in [0.2, 0.25) is 0 Å². The van der Waals surface area contributed by atoms with E-state index < -0.39 is 0 Å². The first-order valence-corrected chi connectivity index (χ1v) is 7.89. The van der Waals surface area contributed by atoms with E-state index >= 15 is 0 Å². The zero-order chi connectivity index (χ0) is 15.6. The SMILES string of the molecule is Cc1cccc(C2C=C(c3ccc(C4=NCCN4)cc3)NO2)c1. The van der Waals surface area contributed by atoms with Crippen LogP contribution in [0.1, 0.15) is 28.4 Å². The lowest BCUT2D eigenvalue weighted by Gasteiger charge is -2.08. The third-order valence-electron chi connectivity index (χ3n) is 4.13. The number of amidine groups is 1. The minimum Gasteiger partial charge on any atom is -0.368 e. The summed E-state index contributed by atoms with van der Waals surface area (Å²) >= 11 is 0. The van der Waals surface area contributed by atoms with Gasteiger partial charge >= 0.3 is 0 Å². The van der Waals surface area contributed by atoms with Crippen molar-refractivity contribution in [3.05, 3.63) is 76.9 Å². The summed E-state index contributed by atoms with van der Waals surface area (Å²) in [6.45, 7) is 3.88. The summed E-state index contributed by atoms with van der Waals surface area (Å²) in [4.78, 5) is 10.2. The molecule has 0 saturated heterocycles. The third-order valence-corrected chi connectivity index (χ3v) is 4.13. The standard InChI is InChI=1S/C19H19N3O/c1-13-3-2-4-16(11-13)18-12-17(22-23-18)14-5-7-15(8-6-14)19-20-9-10-21-19/h2-8,11-12,18,22H,9-10H2,1H3,(H,20,21). The van der Waals surface area contributed by atoms with Gasteiger partial charge in [-0.3, -0.25) is 15.3 Å². The molecule has 23 heavy (non-hydrogen) atoms. The normalized spacial score (nSPS) is 19.8. The summed E-state index contributed by atoms with van der Waals surface area (Å²) in [6.07, 6.45) is 2.07. The van der Waals surface area contributed by atoms with Crippen LogP contribution in [0, 0.1) is 6.92 Å². The van der Waals surface area contributed by atoms with Crippen LogP contribution in [0.15, 0.2) is 59.6 Å². The molecule has 4 rings (SSSR count). The van der Waals surface area contributed by atoms with Gasteiger partial charge in [0.1, 0.15) is 11.9 Å². The maximum atomic E-state index is 5.71. The van der Waals surface area contributed by atoms with Crippen molar-refractivity contribution < 1.29 is 4.84 Å². The molecule has 0 saturated carbocycles. The van der Waals surface area contributed by atoms with Gasteiger partial charge in [0.15, 0.2) is 0 Å². The highest BCUT2D eigenvalue weighted by molar-refractivity contribution is 5.99. The van der Waals surface area contributed by atoms with Crippen LogP contribution in [0.5, 0.6) is 0 Å². The minimum absolute atomic E-state index is 0.0505. The third kappa shape index (κ3) is 2.85. The molecule has 2 heterocycles. The monoisotopic (exact) mass is 305 g/mol. The molecular formula is C19H19N3O. The molecule has 1 atom stereocenters. The Kier molecular flexibility index (Phi) is 3.60. The molecule has 4 heteroatoms. The van der Waals surface area contributed by atoms with Gasteiger partial charge in [-0.2, -0.15) is 0 Å². The second-order valence-corrected chi connectivity index (χ2v) is 5.87. The van der Waals surface area contributed by atoms with Crippen LogP contribution in [-0.2, 0) is 4.84 Å². The highest BCUT2D eigenvalue weighted by Crippen LogP contribution is 2.29. The Labute approximate surface area is 135 Å². The number of rotatable bonds is 3. The molecule has 0 aliphatic carbocycles. The van der Waals surface area contributed by atoms with Crippen molar-refractivity contribution >= 4 is 11.5 Å². The van der Waals surface area contributed by atoms with E-state index in [1.54, 1.807) is 0 Å². The molecule has 2 aromatic carbocycles. The number of benzene rings is 2. The van der Waals surface area contributed by atoms with Crippen LogP contribution in [0.2, 0.25) is 0 Å². The largest absolute Gasteiger partial charge is 0.368 e. The van der Waals surface area contributed by atoms with Gasteiger partial charge in [-0.25, -0.2) is 0 Å². The highest BCUT2D eigenvalue weighted by Gasteiger charge is 2.19. The number of hydroxylamine groups is 1. The fraction of sp³-hybridized carbons (Fsp3) is 0.211. The molecule has 116 valence electrons. The van der Waals surface area contributed by atoms with Crippen LogP contribution >= 0.6 is 0 Å². The fourth-order valence-corrected chi connectivity index (χ4v) is 2.91. The molecule has 2 aliphatic rings. The zero-order valence-electron chi connectivity index (χ0n) is 13.0. The van der Waals surface area contributed by atoms with E-state index in [0.29, 0.717) is 0 Å². The minimum atomic E-state index is -0.0505. The summed E-state index contributed by atoms with van der Waals surface area (Å²) in [5.74, 6) is 0.985. The van der Waals surface area contributed by atoms with Crippen molar-refractivity contribution in [2.45, 2.75) is 13.0 Å². The molecule has 2 aromatic rings. The Morgan fingerprint density at radius 2 is 1.91 bits per heavy atom. The number of hydrogen-bond acceptors (Lipinski definition) is 4. The Bertz CT molecular complexity index is 777. The predicted molar refractivity (Wildman–Crippen MR) is 92.0 cm³/mol. The lowest BCUT2D eigenvalue weighted by Crippen LogP contribution is -2.19. The Morgan fingerprint density at radius 3 is 2.65 bits per heavy atom. The van der Waals surface area contributed by atoms with Crippen LogP contribution < -0.4 is 10.8 Å². The van der Waals surface area contributed by atoms with Crippen molar-refractivity contribution in [3.8, 4) is 0 Å². The van der Waals surface area contributed by atoms with Crippen LogP contribution in [0.4, 0.5) is 0 Å². The van der Waals surface area contributed by atoms with E-state index in [2.05, 4.69) is 77.3 Å². The Balaban J connectivity index is 1.55. The first kappa shape index (κ1) is 14.0. The van der Waals surface area contributed by atoms with Gasteiger partial charge in [-0.05, 0) is 24.1 Å². The zero-order valence-corrected chi connectivity index (χ0v) is 13.0. The number of aryl methyl sites for hydroxylation is 1. The van der Waals surface area contributed by atoms with Gasteiger partial charge in [-0.1, -0.05) is 54.1 Å². The van der Waals surface area contributed by atoms with Gasteiger partial charge in [0, 0.05) is 12.1 Å². The maximum Gasteiger partial charge on any atom is 0.131 e. The molecule has 0 bridgehead atoms. The molecule has 0 radical (unpaired) electrons. The number of aliphatic imine (C=N–C) groups is 1. The van der Waals surface area contributed by atoms with Crippen molar-refractivity contribution in [1.29, 1.82) is 0 Å². The van der Waals surface area contributed by atoms with Gasteiger partial charge < -0.3 is 5.32 Å². The van der Waals surface area contributed by atoms with Gasteiger partial charge in [0.25, 0.3) is 0 Å². The number of nitrogens with one attached hydrogen (secondary N) is 2. The van der Waals surface area contributed by atoms with Crippen LogP contribution in [0.3, 0.4) is 0 Å². The molecule has 1 unspecified atom stereocenters. The number of nitrogens with zero attached hydrogens (tertiary/aromatic N) is 1. The molecule has 2 N–H and O–H groups in total. The summed E-state index contributed by atoms with van der Waals surface area (Å²) in [6, 6.07) is 16.8. The first-order valence-electron chi connectivity index (χ1n) is 7.89. The molecule has 4 nitrogen and oxygen atoms in total. The molecule has 0 aromatic heterocycles. The van der Waals surface area contributed by atoms with Gasteiger partial charge in [-0.15, -0.1) is 0 Å². The Hall–Kier alpha value is -2.59. The summed E-state index contributed by atoms with van der Waals surface area (Å²) in [5, 5.41) is 3.29. The summed E-state index contributed by atoms with van der Waals surface area (Å²) < 4.78 is 0. The van der Waals surface area contributed by atoms with Crippen molar-refractivity contribution in [3.63, 3.8) is 0 Å².